The van der Waals surface area contributed by atoms with Gasteiger partial charge in [-0.3, -0.25) is 0 Å². The van der Waals surface area contributed by atoms with Crippen LogP contribution in [-0.2, 0) is 0 Å². The molecule has 0 saturated carbocycles. The van der Waals surface area contributed by atoms with E-state index in [9.17, 15) is 4.79 Å². The number of aryl methyl sites for hydroxylation is 1. The second kappa shape index (κ2) is 5.01. The maximum absolute atomic E-state index is 11.1. The molecule has 1 aromatic carbocycles. The Hall–Kier alpha value is -1.15. The van der Waals surface area contributed by atoms with Crippen LogP contribution in [0.2, 0.25) is 0 Å². The van der Waals surface area contributed by atoms with Gasteiger partial charge in [0.1, 0.15) is 10.6 Å². The third-order valence-electron chi connectivity index (χ3n) is 2.16. The summed E-state index contributed by atoms with van der Waals surface area (Å²) in [5.41, 5.74) is 1.65. The Morgan fingerprint density at radius 2 is 2.29 bits per heavy atom. The maximum Gasteiger partial charge on any atom is 0.340 e. The highest BCUT2D eigenvalue weighted by atomic mass is 127. The Bertz CT molecular complexity index is 568. The second-order valence-corrected chi connectivity index (χ2v) is 5.43. The topological polar surface area (TPSA) is 62.2 Å². The van der Waals surface area contributed by atoms with Crippen molar-refractivity contribution in [3.05, 3.63) is 39.1 Å². The number of carboxylic acids is 1. The lowest BCUT2D eigenvalue weighted by atomic mass is 10.2. The highest BCUT2D eigenvalue weighted by molar-refractivity contribution is 14.1. The molecule has 0 unspecified atom stereocenters. The molecule has 0 spiro atoms. The summed E-state index contributed by atoms with van der Waals surface area (Å²) >= 11 is 3.37. The highest BCUT2D eigenvalue weighted by Gasteiger charge is 2.17. The number of hydrogen-bond acceptors (Lipinski definition) is 4. The van der Waals surface area contributed by atoms with Crippen molar-refractivity contribution < 1.29 is 9.90 Å². The standard InChI is InChI=1S/C11H9IN2O2S/c1-6-9(11(15)16)10(17-14-6)13-8-4-2-3-7(12)5-8/h2-5,13H,1H3,(H,15,16). The number of nitrogens with zero attached hydrogens (tertiary/aromatic N) is 1. The Balaban J connectivity index is 2.33. The summed E-state index contributed by atoms with van der Waals surface area (Å²) in [5.74, 6) is -0.954. The number of hydrogen-bond donors (Lipinski definition) is 2. The fourth-order valence-electron chi connectivity index (χ4n) is 1.40. The summed E-state index contributed by atoms with van der Waals surface area (Å²) in [5, 5.41) is 12.7. The van der Waals surface area contributed by atoms with Crippen LogP contribution in [0, 0.1) is 10.5 Å². The SMILES string of the molecule is Cc1nsc(Nc2cccc(I)c2)c1C(=O)O. The summed E-state index contributed by atoms with van der Waals surface area (Å²) < 4.78 is 5.14. The molecule has 0 aliphatic carbocycles. The summed E-state index contributed by atoms with van der Waals surface area (Å²) in [4.78, 5) is 11.1. The van der Waals surface area contributed by atoms with Crippen molar-refractivity contribution in [2.24, 2.45) is 0 Å². The van der Waals surface area contributed by atoms with Crippen LogP contribution >= 0.6 is 34.1 Å². The largest absolute Gasteiger partial charge is 0.478 e. The van der Waals surface area contributed by atoms with Gasteiger partial charge in [-0.05, 0) is 59.2 Å². The van der Waals surface area contributed by atoms with Crippen molar-refractivity contribution in [2.45, 2.75) is 6.92 Å². The molecule has 4 nitrogen and oxygen atoms in total. The van der Waals surface area contributed by atoms with Crippen molar-refractivity contribution in [3.63, 3.8) is 0 Å². The van der Waals surface area contributed by atoms with Crippen LogP contribution in [0.3, 0.4) is 0 Å². The molecule has 1 aromatic heterocycles. The van der Waals surface area contributed by atoms with E-state index in [2.05, 4.69) is 32.3 Å². The third kappa shape index (κ3) is 2.75. The third-order valence-corrected chi connectivity index (χ3v) is 3.68. The molecule has 0 fully saturated rings. The summed E-state index contributed by atoms with van der Waals surface area (Å²) in [6, 6.07) is 7.73. The van der Waals surface area contributed by atoms with Crippen molar-refractivity contribution in [3.8, 4) is 0 Å². The Kier molecular flexibility index (Phi) is 3.63. The number of aromatic carboxylic acids is 1. The van der Waals surface area contributed by atoms with E-state index in [0.29, 0.717) is 10.7 Å². The molecule has 0 atom stereocenters. The fourth-order valence-corrected chi connectivity index (χ4v) is 2.76. The van der Waals surface area contributed by atoms with E-state index >= 15 is 0 Å². The quantitative estimate of drug-likeness (QED) is 0.823. The van der Waals surface area contributed by atoms with Crippen LogP contribution in [0.4, 0.5) is 10.7 Å². The molecule has 0 radical (unpaired) electrons. The van der Waals surface area contributed by atoms with E-state index in [1.165, 1.54) is 0 Å². The first-order valence-electron chi connectivity index (χ1n) is 4.80. The smallest absolute Gasteiger partial charge is 0.340 e. The van der Waals surface area contributed by atoms with E-state index in [0.717, 1.165) is 20.8 Å². The Morgan fingerprint density at radius 1 is 1.53 bits per heavy atom. The van der Waals surface area contributed by atoms with Crippen molar-refractivity contribution in [1.82, 2.24) is 4.37 Å². The van der Waals surface area contributed by atoms with Gasteiger partial charge in [0.2, 0.25) is 0 Å². The Labute approximate surface area is 116 Å². The number of halogens is 1. The predicted molar refractivity (Wildman–Crippen MR) is 76.3 cm³/mol. The average molecular weight is 360 g/mol. The highest BCUT2D eigenvalue weighted by Crippen LogP contribution is 2.28. The van der Waals surface area contributed by atoms with Crippen LogP contribution < -0.4 is 5.32 Å². The lowest BCUT2D eigenvalue weighted by Gasteiger charge is -2.04. The number of aromatic nitrogens is 1. The van der Waals surface area contributed by atoms with E-state index in [4.69, 9.17) is 5.11 Å². The minimum Gasteiger partial charge on any atom is -0.478 e. The second-order valence-electron chi connectivity index (χ2n) is 3.41. The minimum absolute atomic E-state index is 0.244. The van der Waals surface area contributed by atoms with Crippen molar-refractivity contribution in [1.29, 1.82) is 0 Å². The maximum atomic E-state index is 11.1. The number of benzene rings is 1. The van der Waals surface area contributed by atoms with Crippen LogP contribution in [0.15, 0.2) is 24.3 Å². The molecule has 2 rings (SSSR count). The number of carbonyl (C=O) groups is 1. The fraction of sp³-hybridized carbons (Fsp3) is 0.0909. The van der Waals surface area contributed by atoms with Crippen molar-refractivity contribution in [2.75, 3.05) is 5.32 Å². The molecular weight excluding hydrogens is 351 g/mol. The summed E-state index contributed by atoms with van der Waals surface area (Å²) in [6.07, 6.45) is 0. The number of rotatable bonds is 3. The van der Waals surface area contributed by atoms with Gasteiger partial charge in [0.05, 0.1) is 5.69 Å². The molecule has 2 N–H and O–H groups in total. The molecule has 88 valence electrons. The molecule has 0 aliphatic rings. The molecule has 0 saturated heterocycles. The minimum atomic E-state index is -0.954. The van der Waals surface area contributed by atoms with Gasteiger partial charge in [-0.1, -0.05) is 6.07 Å². The van der Waals surface area contributed by atoms with Crippen LogP contribution in [0.1, 0.15) is 16.1 Å². The van der Waals surface area contributed by atoms with Gasteiger partial charge in [-0.2, -0.15) is 4.37 Å². The van der Waals surface area contributed by atoms with Gasteiger partial charge in [-0.25, -0.2) is 4.79 Å². The monoisotopic (exact) mass is 360 g/mol. The van der Waals surface area contributed by atoms with Gasteiger partial charge in [-0.15, -0.1) is 0 Å². The molecule has 6 heteroatoms. The van der Waals surface area contributed by atoms with Crippen LogP contribution in [0.5, 0.6) is 0 Å². The number of anilines is 2. The van der Waals surface area contributed by atoms with Gasteiger partial charge in [0.25, 0.3) is 0 Å². The lowest BCUT2D eigenvalue weighted by molar-refractivity contribution is 0.0697. The zero-order chi connectivity index (χ0) is 12.4. The van der Waals surface area contributed by atoms with Gasteiger partial charge >= 0.3 is 5.97 Å². The first kappa shape index (κ1) is 12.3. The first-order valence-corrected chi connectivity index (χ1v) is 6.65. The summed E-state index contributed by atoms with van der Waals surface area (Å²) in [6.45, 7) is 1.69. The average Bonchev–Trinajstić information content (AvgIpc) is 2.59. The molecular formula is C11H9IN2O2S. The molecule has 0 aliphatic heterocycles. The zero-order valence-electron chi connectivity index (χ0n) is 8.90. The molecule has 0 bridgehead atoms. The van der Waals surface area contributed by atoms with Crippen LogP contribution in [0.25, 0.3) is 0 Å². The van der Waals surface area contributed by atoms with Gasteiger partial charge in [0, 0.05) is 9.26 Å². The first-order chi connectivity index (χ1) is 8.08. The van der Waals surface area contributed by atoms with E-state index < -0.39 is 5.97 Å². The van der Waals surface area contributed by atoms with E-state index in [1.807, 2.05) is 24.3 Å². The predicted octanol–water partition coefficient (Wildman–Crippen LogP) is 3.50. The van der Waals surface area contributed by atoms with Crippen molar-refractivity contribution >= 4 is 50.8 Å². The summed E-state index contributed by atoms with van der Waals surface area (Å²) in [7, 11) is 0. The lowest BCUT2D eigenvalue weighted by Crippen LogP contribution is -2.01. The van der Waals surface area contributed by atoms with Crippen LogP contribution in [-0.4, -0.2) is 15.4 Å². The number of carboxylic acid groups (broad SMARTS) is 1. The van der Waals surface area contributed by atoms with Gasteiger partial charge in [0.15, 0.2) is 0 Å². The Morgan fingerprint density at radius 3 is 2.94 bits per heavy atom. The molecule has 0 amide bonds. The molecule has 2 aromatic rings. The van der Waals surface area contributed by atoms with E-state index in [1.54, 1.807) is 6.92 Å². The van der Waals surface area contributed by atoms with E-state index in [-0.39, 0.29) is 5.56 Å². The number of nitrogens with one attached hydrogen (secondary N) is 1. The normalized spacial score (nSPS) is 10.2. The molecule has 17 heavy (non-hydrogen) atoms. The zero-order valence-corrected chi connectivity index (χ0v) is 11.9. The van der Waals surface area contributed by atoms with Gasteiger partial charge < -0.3 is 10.4 Å². The molecule has 1 heterocycles.